The molecule has 0 aliphatic carbocycles. The number of rotatable bonds is 4. The third-order valence-corrected chi connectivity index (χ3v) is 5.55. The van der Waals surface area contributed by atoms with Crippen molar-refractivity contribution in [2.75, 3.05) is 13.3 Å². The Morgan fingerprint density at radius 3 is 2.84 bits per heavy atom. The van der Waals surface area contributed by atoms with E-state index in [4.69, 9.17) is 9.47 Å². The molecule has 2 heterocycles. The quantitative estimate of drug-likeness (QED) is 0.754. The number of thiophene rings is 1. The van der Waals surface area contributed by atoms with Crippen molar-refractivity contribution in [1.29, 1.82) is 0 Å². The van der Waals surface area contributed by atoms with Gasteiger partial charge in [0.1, 0.15) is 5.60 Å². The van der Waals surface area contributed by atoms with Gasteiger partial charge in [-0.25, -0.2) is 0 Å². The molecule has 6 heteroatoms. The first kappa shape index (κ1) is 15.9. The van der Waals surface area contributed by atoms with Crippen LogP contribution in [0.25, 0.3) is 10.1 Å². The van der Waals surface area contributed by atoms with Crippen LogP contribution in [0.15, 0.2) is 48.5 Å². The van der Waals surface area contributed by atoms with E-state index in [1.807, 2.05) is 30.3 Å². The van der Waals surface area contributed by atoms with Crippen molar-refractivity contribution < 1.29 is 19.4 Å². The number of ether oxygens (including phenoxy) is 2. The van der Waals surface area contributed by atoms with Gasteiger partial charge in [0.25, 0.3) is 5.91 Å². The zero-order valence-electron chi connectivity index (χ0n) is 13.6. The highest BCUT2D eigenvalue weighted by Gasteiger charge is 2.26. The lowest BCUT2D eigenvalue weighted by atomic mass is 10.0. The molecule has 1 atom stereocenters. The van der Waals surface area contributed by atoms with Crippen LogP contribution in [0.2, 0.25) is 0 Å². The van der Waals surface area contributed by atoms with Gasteiger partial charge in [-0.1, -0.05) is 18.2 Å². The summed E-state index contributed by atoms with van der Waals surface area (Å²) in [6, 6.07) is 15.0. The third kappa shape index (κ3) is 3.06. The molecular formula is C19H17NO4S. The number of hydrogen-bond donors (Lipinski definition) is 2. The maximum absolute atomic E-state index is 12.4. The molecule has 0 saturated carbocycles. The molecule has 0 fully saturated rings. The Bertz CT molecular complexity index is 915. The van der Waals surface area contributed by atoms with E-state index < -0.39 is 5.60 Å². The lowest BCUT2D eigenvalue weighted by Gasteiger charge is -2.22. The molecule has 5 nitrogen and oxygen atoms in total. The standard InChI is InChI=1S/C19H17NO4S/c1-19(22,17-9-12-4-2-3-5-16(12)25-17)10-20-18(21)13-6-7-14-15(8-13)24-11-23-14/h2-9,22H,10-11H2,1H3,(H,20,21). The molecule has 1 amide bonds. The van der Waals surface area contributed by atoms with Crippen LogP contribution < -0.4 is 14.8 Å². The second-order valence-corrected chi connectivity index (χ2v) is 7.26. The van der Waals surface area contributed by atoms with Crippen molar-refractivity contribution in [3.63, 3.8) is 0 Å². The van der Waals surface area contributed by atoms with Gasteiger partial charge in [0.2, 0.25) is 6.79 Å². The Balaban J connectivity index is 1.48. The second kappa shape index (κ2) is 6.06. The molecule has 128 valence electrons. The zero-order valence-corrected chi connectivity index (χ0v) is 14.4. The Morgan fingerprint density at radius 1 is 1.20 bits per heavy atom. The van der Waals surface area contributed by atoms with Crippen molar-refractivity contribution in [1.82, 2.24) is 5.32 Å². The highest BCUT2D eigenvalue weighted by molar-refractivity contribution is 7.19. The van der Waals surface area contributed by atoms with Crippen LogP contribution in [0.3, 0.4) is 0 Å². The molecule has 0 radical (unpaired) electrons. The number of hydrogen-bond acceptors (Lipinski definition) is 5. The largest absolute Gasteiger partial charge is 0.454 e. The SMILES string of the molecule is CC(O)(CNC(=O)c1ccc2c(c1)OCO2)c1cc2ccccc2s1. The Kier molecular flexibility index (Phi) is 3.86. The topological polar surface area (TPSA) is 67.8 Å². The molecule has 1 aliphatic heterocycles. The van der Waals surface area contributed by atoms with Crippen LogP contribution in [0.1, 0.15) is 22.2 Å². The molecule has 25 heavy (non-hydrogen) atoms. The molecule has 3 aromatic rings. The molecule has 0 saturated heterocycles. The van der Waals surface area contributed by atoms with Gasteiger partial charge in [-0.2, -0.15) is 0 Å². The van der Waals surface area contributed by atoms with E-state index in [0.29, 0.717) is 17.1 Å². The first-order chi connectivity index (χ1) is 12.0. The predicted octanol–water partition coefficient (Wildman–Crippen LogP) is 3.27. The first-order valence-corrected chi connectivity index (χ1v) is 8.74. The normalized spacial score (nSPS) is 15.1. The van der Waals surface area contributed by atoms with Crippen LogP contribution in [0.5, 0.6) is 11.5 Å². The zero-order chi connectivity index (χ0) is 17.4. The summed E-state index contributed by atoms with van der Waals surface area (Å²) < 4.78 is 11.6. The fourth-order valence-electron chi connectivity index (χ4n) is 2.73. The lowest BCUT2D eigenvalue weighted by Crippen LogP contribution is -2.38. The van der Waals surface area contributed by atoms with E-state index in [-0.39, 0.29) is 19.2 Å². The van der Waals surface area contributed by atoms with E-state index in [1.165, 1.54) is 11.3 Å². The minimum Gasteiger partial charge on any atom is -0.454 e. The number of nitrogens with one attached hydrogen (secondary N) is 1. The summed E-state index contributed by atoms with van der Waals surface area (Å²) in [7, 11) is 0. The number of aliphatic hydroxyl groups is 1. The molecule has 0 spiro atoms. The summed E-state index contributed by atoms with van der Waals surface area (Å²) in [5.74, 6) is 0.928. The maximum Gasteiger partial charge on any atom is 0.251 e. The minimum absolute atomic E-state index is 0.118. The van der Waals surface area contributed by atoms with Crippen molar-refractivity contribution >= 4 is 27.3 Å². The summed E-state index contributed by atoms with van der Waals surface area (Å²) in [6.07, 6.45) is 0. The van der Waals surface area contributed by atoms with E-state index in [2.05, 4.69) is 5.32 Å². The molecule has 0 bridgehead atoms. The Labute approximate surface area is 148 Å². The number of carbonyl (C=O) groups excluding carboxylic acids is 1. The van der Waals surface area contributed by atoms with Crippen LogP contribution in [-0.4, -0.2) is 24.4 Å². The molecule has 2 N–H and O–H groups in total. The molecule has 1 aliphatic rings. The van der Waals surface area contributed by atoms with Gasteiger partial charge < -0.3 is 19.9 Å². The summed E-state index contributed by atoms with van der Waals surface area (Å²) in [6.45, 7) is 1.99. The fraction of sp³-hybridized carbons (Fsp3) is 0.211. The van der Waals surface area contributed by atoms with Crippen molar-refractivity contribution in [2.45, 2.75) is 12.5 Å². The number of benzene rings is 2. The summed E-state index contributed by atoms with van der Waals surface area (Å²) in [5.41, 5.74) is -0.674. The summed E-state index contributed by atoms with van der Waals surface area (Å²) in [5, 5.41) is 14.7. The van der Waals surface area contributed by atoms with Gasteiger partial charge >= 0.3 is 0 Å². The van der Waals surface area contributed by atoms with Crippen LogP contribution >= 0.6 is 11.3 Å². The summed E-state index contributed by atoms with van der Waals surface area (Å²) in [4.78, 5) is 13.2. The number of amides is 1. The predicted molar refractivity (Wildman–Crippen MR) is 96.3 cm³/mol. The van der Waals surface area contributed by atoms with Gasteiger partial charge in [-0.15, -0.1) is 11.3 Å². The van der Waals surface area contributed by atoms with E-state index in [1.54, 1.807) is 25.1 Å². The first-order valence-electron chi connectivity index (χ1n) is 7.92. The number of carbonyl (C=O) groups is 1. The number of fused-ring (bicyclic) bond motifs is 2. The minimum atomic E-state index is -1.14. The van der Waals surface area contributed by atoms with E-state index >= 15 is 0 Å². The molecule has 2 aromatic carbocycles. The van der Waals surface area contributed by atoms with Crippen molar-refractivity contribution in [3.8, 4) is 11.5 Å². The fourth-order valence-corrected chi connectivity index (χ4v) is 3.83. The highest BCUT2D eigenvalue weighted by Crippen LogP contribution is 2.34. The summed E-state index contributed by atoms with van der Waals surface area (Å²) >= 11 is 1.53. The average Bonchev–Trinajstić information content (AvgIpc) is 3.25. The average molecular weight is 355 g/mol. The van der Waals surface area contributed by atoms with Crippen LogP contribution in [0.4, 0.5) is 0 Å². The van der Waals surface area contributed by atoms with Gasteiger partial charge in [0.15, 0.2) is 11.5 Å². The Hall–Kier alpha value is -2.57. The monoisotopic (exact) mass is 355 g/mol. The van der Waals surface area contributed by atoms with Crippen molar-refractivity contribution in [3.05, 3.63) is 59.0 Å². The molecule has 1 unspecified atom stereocenters. The van der Waals surface area contributed by atoms with Crippen LogP contribution in [0, 0.1) is 0 Å². The smallest absolute Gasteiger partial charge is 0.251 e. The third-order valence-electron chi connectivity index (χ3n) is 4.18. The van der Waals surface area contributed by atoms with Gasteiger partial charge in [-0.3, -0.25) is 4.79 Å². The van der Waals surface area contributed by atoms with E-state index in [0.717, 1.165) is 15.0 Å². The molecular weight excluding hydrogens is 338 g/mol. The van der Waals surface area contributed by atoms with E-state index in [9.17, 15) is 9.90 Å². The maximum atomic E-state index is 12.4. The molecule has 1 aromatic heterocycles. The van der Waals surface area contributed by atoms with Gasteiger partial charge in [0, 0.05) is 15.1 Å². The second-order valence-electron chi connectivity index (χ2n) is 6.17. The lowest BCUT2D eigenvalue weighted by molar-refractivity contribution is 0.0557. The highest BCUT2D eigenvalue weighted by atomic mass is 32.1. The van der Waals surface area contributed by atoms with Crippen LogP contribution in [-0.2, 0) is 5.60 Å². The van der Waals surface area contributed by atoms with Gasteiger partial charge in [0.05, 0.1) is 6.54 Å². The Morgan fingerprint density at radius 2 is 2.00 bits per heavy atom. The van der Waals surface area contributed by atoms with Crippen molar-refractivity contribution in [2.24, 2.45) is 0 Å². The molecule has 4 rings (SSSR count). The van der Waals surface area contributed by atoms with Gasteiger partial charge in [-0.05, 0) is 42.6 Å².